The summed E-state index contributed by atoms with van der Waals surface area (Å²) < 4.78 is 6.88. The average Bonchev–Trinajstić information content (AvgIpc) is 2.78. The summed E-state index contributed by atoms with van der Waals surface area (Å²) in [6, 6.07) is 14.8. The molecule has 0 radical (unpaired) electrons. The highest BCUT2D eigenvalue weighted by molar-refractivity contribution is 7.99. The van der Waals surface area contributed by atoms with Gasteiger partial charge in [0, 0.05) is 12.1 Å². The van der Waals surface area contributed by atoms with Crippen LogP contribution in [0.1, 0.15) is 32.1 Å². The molecule has 6 nitrogen and oxygen atoms in total. The van der Waals surface area contributed by atoms with E-state index < -0.39 is 0 Å². The van der Waals surface area contributed by atoms with Crippen LogP contribution in [0.15, 0.2) is 58.5 Å². The van der Waals surface area contributed by atoms with E-state index in [2.05, 4.69) is 5.32 Å². The van der Waals surface area contributed by atoms with Crippen molar-refractivity contribution in [3.8, 4) is 11.4 Å². The molecule has 1 heterocycles. The molecule has 2 aromatic carbocycles. The molecular weight excluding hydrogens is 398 g/mol. The third-order valence-electron chi connectivity index (χ3n) is 5.36. The number of fused-ring (bicyclic) bond motifs is 1. The number of nitrogens with one attached hydrogen (secondary N) is 1. The first kappa shape index (κ1) is 20.5. The number of carbonyl (C=O) groups is 1. The van der Waals surface area contributed by atoms with Gasteiger partial charge in [0.15, 0.2) is 5.16 Å². The number of nitrogens with zero attached hydrogens (tertiary/aromatic N) is 2. The minimum absolute atomic E-state index is 0.0218. The molecule has 0 bridgehead atoms. The van der Waals surface area contributed by atoms with Gasteiger partial charge in [-0.3, -0.25) is 14.2 Å². The van der Waals surface area contributed by atoms with Gasteiger partial charge in [-0.15, -0.1) is 0 Å². The average molecular weight is 424 g/mol. The molecule has 0 aliphatic heterocycles. The third-order valence-corrected chi connectivity index (χ3v) is 6.30. The second-order valence-corrected chi connectivity index (χ2v) is 8.39. The zero-order chi connectivity index (χ0) is 20.9. The van der Waals surface area contributed by atoms with Crippen molar-refractivity contribution in [2.45, 2.75) is 43.3 Å². The lowest BCUT2D eigenvalue weighted by atomic mass is 9.95. The van der Waals surface area contributed by atoms with Crippen molar-refractivity contribution < 1.29 is 9.53 Å². The number of aromatic nitrogens is 2. The molecule has 156 valence electrons. The number of methoxy groups -OCH3 is 1. The number of hydrogen-bond acceptors (Lipinski definition) is 5. The van der Waals surface area contributed by atoms with Crippen LogP contribution in [-0.4, -0.2) is 34.4 Å². The molecular formula is C23H25N3O3S. The highest BCUT2D eigenvalue weighted by Crippen LogP contribution is 2.24. The van der Waals surface area contributed by atoms with Gasteiger partial charge in [0.2, 0.25) is 5.91 Å². The molecule has 3 aromatic rings. The minimum atomic E-state index is -0.163. The number of para-hydroxylation sites is 1. The largest absolute Gasteiger partial charge is 0.497 e. The SMILES string of the molecule is COc1cccc(-n2c(SCC(=O)NC3CCCCC3)nc3ccccc3c2=O)c1. The Balaban J connectivity index is 1.65. The predicted molar refractivity (Wildman–Crippen MR) is 120 cm³/mol. The van der Waals surface area contributed by atoms with Crippen molar-refractivity contribution in [1.29, 1.82) is 0 Å². The van der Waals surface area contributed by atoms with Gasteiger partial charge in [-0.2, -0.15) is 0 Å². The molecule has 1 amide bonds. The van der Waals surface area contributed by atoms with Crippen molar-refractivity contribution in [2.24, 2.45) is 0 Å². The molecule has 0 spiro atoms. The number of carbonyl (C=O) groups excluding carboxylic acids is 1. The maximum Gasteiger partial charge on any atom is 0.266 e. The Labute approximate surface area is 179 Å². The first-order valence-electron chi connectivity index (χ1n) is 10.2. The Morgan fingerprint density at radius 1 is 1.17 bits per heavy atom. The lowest BCUT2D eigenvalue weighted by Gasteiger charge is -2.22. The Hall–Kier alpha value is -2.80. The van der Waals surface area contributed by atoms with Crippen LogP contribution in [0, 0.1) is 0 Å². The van der Waals surface area contributed by atoms with E-state index >= 15 is 0 Å². The summed E-state index contributed by atoms with van der Waals surface area (Å²) >= 11 is 1.28. The summed E-state index contributed by atoms with van der Waals surface area (Å²) in [5.41, 5.74) is 1.12. The lowest BCUT2D eigenvalue weighted by Crippen LogP contribution is -2.37. The molecule has 0 atom stereocenters. The first-order chi connectivity index (χ1) is 14.7. The van der Waals surface area contributed by atoms with Crippen LogP contribution < -0.4 is 15.6 Å². The summed E-state index contributed by atoms with van der Waals surface area (Å²) in [6.07, 6.45) is 5.66. The number of amides is 1. The minimum Gasteiger partial charge on any atom is -0.497 e. The van der Waals surface area contributed by atoms with Gasteiger partial charge in [-0.05, 0) is 37.1 Å². The summed E-state index contributed by atoms with van der Waals surface area (Å²) in [6.45, 7) is 0. The van der Waals surface area contributed by atoms with Crippen LogP contribution in [0.2, 0.25) is 0 Å². The molecule has 1 aromatic heterocycles. The van der Waals surface area contributed by atoms with E-state index in [4.69, 9.17) is 9.72 Å². The highest BCUT2D eigenvalue weighted by Gasteiger charge is 2.18. The predicted octanol–water partition coefficient (Wildman–Crippen LogP) is 3.94. The molecule has 0 saturated heterocycles. The summed E-state index contributed by atoms with van der Waals surface area (Å²) in [4.78, 5) is 30.5. The van der Waals surface area contributed by atoms with Crippen LogP contribution in [0.5, 0.6) is 5.75 Å². The number of benzene rings is 2. The molecule has 0 unspecified atom stereocenters. The number of thioether (sulfide) groups is 1. The second kappa shape index (κ2) is 9.34. The van der Waals surface area contributed by atoms with Gasteiger partial charge < -0.3 is 10.1 Å². The highest BCUT2D eigenvalue weighted by atomic mass is 32.2. The standard InChI is InChI=1S/C23H25N3O3S/c1-29-18-11-7-10-17(14-18)26-22(28)19-12-5-6-13-20(19)25-23(26)30-15-21(27)24-16-8-3-2-4-9-16/h5-7,10-14,16H,2-4,8-9,15H2,1H3,(H,24,27). The first-order valence-corrected chi connectivity index (χ1v) is 11.2. The van der Waals surface area contributed by atoms with Crippen molar-refractivity contribution in [1.82, 2.24) is 14.9 Å². The lowest BCUT2D eigenvalue weighted by molar-refractivity contribution is -0.119. The molecule has 1 aliphatic rings. The van der Waals surface area contributed by atoms with Gasteiger partial charge in [0.25, 0.3) is 5.56 Å². The molecule has 4 rings (SSSR count). The third kappa shape index (κ3) is 4.51. The van der Waals surface area contributed by atoms with E-state index in [0.29, 0.717) is 27.5 Å². The van der Waals surface area contributed by atoms with Gasteiger partial charge >= 0.3 is 0 Å². The quantitative estimate of drug-likeness (QED) is 0.480. The molecule has 1 fully saturated rings. The molecule has 1 N–H and O–H groups in total. The van der Waals surface area contributed by atoms with Crippen LogP contribution in [0.4, 0.5) is 0 Å². The molecule has 1 saturated carbocycles. The van der Waals surface area contributed by atoms with Crippen LogP contribution >= 0.6 is 11.8 Å². The van der Waals surface area contributed by atoms with Gasteiger partial charge in [0.05, 0.1) is 29.5 Å². The summed E-state index contributed by atoms with van der Waals surface area (Å²) in [7, 11) is 1.59. The van der Waals surface area contributed by atoms with E-state index in [-0.39, 0.29) is 23.3 Å². The van der Waals surface area contributed by atoms with E-state index in [1.165, 1.54) is 31.0 Å². The van der Waals surface area contributed by atoms with Crippen molar-refractivity contribution in [3.63, 3.8) is 0 Å². The zero-order valence-electron chi connectivity index (χ0n) is 17.0. The van der Waals surface area contributed by atoms with E-state index in [9.17, 15) is 9.59 Å². The van der Waals surface area contributed by atoms with Gasteiger partial charge in [-0.1, -0.05) is 49.2 Å². The Morgan fingerprint density at radius 2 is 1.97 bits per heavy atom. The van der Waals surface area contributed by atoms with Crippen molar-refractivity contribution >= 4 is 28.6 Å². The van der Waals surface area contributed by atoms with E-state index in [0.717, 1.165) is 12.8 Å². The molecule has 7 heteroatoms. The summed E-state index contributed by atoms with van der Waals surface area (Å²) in [5.74, 6) is 0.843. The summed E-state index contributed by atoms with van der Waals surface area (Å²) in [5, 5.41) is 4.15. The van der Waals surface area contributed by atoms with Gasteiger partial charge in [0.1, 0.15) is 5.75 Å². The van der Waals surface area contributed by atoms with E-state index in [1.54, 1.807) is 23.8 Å². The monoisotopic (exact) mass is 423 g/mol. The Morgan fingerprint density at radius 3 is 2.77 bits per heavy atom. The van der Waals surface area contributed by atoms with Crippen LogP contribution in [0.25, 0.3) is 16.6 Å². The maximum atomic E-state index is 13.3. The zero-order valence-corrected chi connectivity index (χ0v) is 17.8. The topological polar surface area (TPSA) is 73.2 Å². The Kier molecular flexibility index (Phi) is 6.38. The van der Waals surface area contributed by atoms with Crippen molar-refractivity contribution in [2.75, 3.05) is 12.9 Å². The van der Waals surface area contributed by atoms with Crippen molar-refractivity contribution in [3.05, 3.63) is 58.9 Å². The molecule has 1 aliphatic carbocycles. The smallest absolute Gasteiger partial charge is 0.266 e. The van der Waals surface area contributed by atoms with Crippen LogP contribution in [-0.2, 0) is 4.79 Å². The fraction of sp³-hybridized carbons (Fsp3) is 0.348. The van der Waals surface area contributed by atoms with Gasteiger partial charge in [-0.25, -0.2) is 4.98 Å². The number of hydrogen-bond donors (Lipinski definition) is 1. The fourth-order valence-corrected chi connectivity index (χ4v) is 4.66. The van der Waals surface area contributed by atoms with Crippen LogP contribution in [0.3, 0.4) is 0 Å². The normalized spacial score (nSPS) is 14.6. The maximum absolute atomic E-state index is 13.3. The number of rotatable bonds is 6. The molecule has 30 heavy (non-hydrogen) atoms. The fourth-order valence-electron chi connectivity index (χ4n) is 3.83. The van der Waals surface area contributed by atoms with E-state index in [1.807, 2.05) is 36.4 Å². The number of ether oxygens (including phenoxy) is 1. The Bertz CT molecular complexity index is 1110. The second-order valence-electron chi connectivity index (χ2n) is 7.44.